The number of aromatic nitrogens is 3. The van der Waals surface area contributed by atoms with Crippen molar-refractivity contribution in [2.24, 2.45) is 0 Å². The maximum absolute atomic E-state index is 14.8. The summed E-state index contributed by atoms with van der Waals surface area (Å²) in [6.45, 7) is 3.20. The van der Waals surface area contributed by atoms with Crippen molar-refractivity contribution >= 4 is 16.7 Å². The van der Waals surface area contributed by atoms with Crippen LogP contribution in [-0.2, 0) is 6.42 Å². The molecule has 1 fully saturated rings. The fourth-order valence-electron chi connectivity index (χ4n) is 4.92. The summed E-state index contributed by atoms with van der Waals surface area (Å²) in [7, 11) is 2.04. The Morgan fingerprint density at radius 3 is 2.72 bits per heavy atom. The first kappa shape index (κ1) is 23.8. The third-order valence-electron chi connectivity index (χ3n) is 7.16. The van der Waals surface area contributed by atoms with Gasteiger partial charge in [0.2, 0.25) is 0 Å². The minimum absolute atomic E-state index is 0.0577. The van der Waals surface area contributed by atoms with Gasteiger partial charge in [-0.2, -0.15) is 5.10 Å². The molecule has 36 heavy (non-hydrogen) atoms. The summed E-state index contributed by atoms with van der Waals surface area (Å²) >= 11 is 0. The van der Waals surface area contributed by atoms with Crippen LogP contribution in [0.5, 0.6) is 0 Å². The number of H-pyrrole nitrogens is 1. The zero-order valence-electron chi connectivity index (χ0n) is 20.3. The van der Waals surface area contributed by atoms with Crippen molar-refractivity contribution in [1.29, 1.82) is 0 Å². The number of fused-ring (bicyclic) bond motifs is 1. The number of pyridine rings is 1. The zero-order valence-corrected chi connectivity index (χ0v) is 20.3. The van der Waals surface area contributed by atoms with Gasteiger partial charge in [-0.25, -0.2) is 9.49 Å². The normalized spacial score (nSPS) is 16.6. The van der Waals surface area contributed by atoms with Crippen molar-refractivity contribution in [2.75, 3.05) is 20.1 Å². The van der Waals surface area contributed by atoms with Crippen LogP contribution in [0.1, 0.15) is 46.7 Å². The molecule has 1 aliphatic rings. The molecule has 0 aliphatic carbocycles. The Kier molecular flexibility index (Phi) is 6.61. The van der Waals surface area contributed by atoms with Crippen LogP contribution in [0.3, 0.4) is 0 Å². The minimum atomic E-state index is -0.540. The molecule has 4 aromatic rings. The number of nitrogens with zero attached hydrogens (tertiary/aromatic N) is 4. The number of carbonyl (C=O) groups is 1. The molecule has 8 heteroatoms. The number of hydrogen-bond acceptors (Lipinski definition) is 5. The molecule has 0 bridgehead atoms. The lowest BCUT2D eigenvalue weighted by Crippen LogP contribution is -2.38. The number of benzene rings is 2. The van der Waals surface area contributed by atoms with Crippen LogP contribution in [0.4, 0.5) is 4.39 Å². The standard InChI is InChI=1S/C28H28FN5O2/c1-18(25-9-5-6-13-30-25)33(2)20-12-14-34(17-20)28(36)23-15-19(10-11-24(23)29)16-26-21-7-3-4-8-22(21)27(35)32-31-26/h3-11,13,15,18,20H,12,14,16-17H2,1-2H3,(H,32,35). The number of likely N-dealkylation sites (N-methyl/N-ethyl adjacent to an activating group) is 1. The van der Waals surface area contributed by atoms with Crippen molar-refractivity contribution in [2.45, 2.75) is 31.8 Å². The quantitative estimate of drug-likeness (QED) is 0.447. The van der Waals surface area contributed by atoms with E-state index in [-0.39, 0.29) is 29.1 Å². The molecule has 1 N–H and O–H groups in total. The third-order valence-corrected chi connectivity index (χ3v) is 7.16. The molecular formula is C28H28FN5O2. The summed E-state index contributed by atoms with van der Waals surface area (Å²) in [4.78, 5) is 33.8. The molecule has 0 spiro atoms. The Hall–Kier alpha value is -3.91. The SMILES string of the molecule is CC(c1ccccn1)N(C)C1CCN(C(=O)c2cc(Cc3n[nH]c(=O)c4ccccc34)ccc2F)C1. The lowest BCUT2D eigenvalue weighted by atomic mass is 10.0. The molecular weight excluding hydrogens is 457 g/mol. The second-order valence-corrected chi connectivity index (χ2v) is 9.33. The predicted molar refractivity (Wildman–Crippen MR) is 136 cm³/mol. The predicted octanol–water partition coefficient (Wildman–Crippen LogP) is 3.96. The summed E-state index contributed by atoms with van der Waals surface area (Å²) in [5.74, 6) is -0.850. The van der Waals surface area contributed by atoms with E-state index in [1.165, 1.54) is 6.07 Å². The lowest BCUT2D eigenvalue weighted by molar-refractivity contribution is 0.0769. The number of aromatic amines is 1. The molecule has 2 aromatic heterocycles. The fraction of sp³-hybridized carbons (Fsp3) is 0.286. The summed E-state index contributed by atoms with van der Waals surface area (Å²) in [5.41, 5.74) is 2.20. The van der Waals surface area contributed by atoms with Gasteiger partial charge in [-0.3, -0.25) is 19.5 Å². The van der Waals surface area contributed by atoms with Crippen LogP contribution < -0.4 is 5.56 Å². The van der Waals surface area contributed by atoms with E-state index in [4.69, 9.17) is 0 Å². The monoisotopic (exact) mass is 485 g/mol. The first-order valence-corrected chi connectivity index (χ1v) is 12.1. The number of hydrogen-bond donors (Lipinski definition) is 1. The van der Waals surface area contributed by atoms with Crippen LogP contribution in [0.2, 0.25) is 0 Å². The van der Waals surface area contributed by atoms with Gasteiger partial charge >= 0.3 is 0 Å². The number of amides is 1. The Morgan fingerprint density at radius 1 is 1.17 bits per heavy atom. The molecule has 7 nitrogen and oxygen atoms in total. The fourth-order valence-corrected chi connectivity index (χ4v) is 4.92. The average molecular weight is 486 g/mol. The van der Waals surface area contributed by atoms with Gasteiger partial charge < -0.3 is 4.90 Å². The molecule has 2 unspecified atom stereocenters. The van der Waals surface area contributed by atoms with E-state index in [1.807, 2.05) is 37.4 Å². The van der Waals surface area contributed by atoms with Crippen molar-refractivity contribution in [3.8, 4) is 0 Å². The van der Waals surface area contributed by atoms with E-state index in [9.17, 15) is 14.0 Å². The highest BCUT2D eigenvalue weighted by atomic mass is 19.1. The largest absolute Gasteiger partial charge is 0.337 e. The molecule has 3 heterocycles. The van der Waals surface area contributed by atoms with E-state index >= 15 is 0 Å². The Morgan fingerprint density at radius 2 is 1.94 bits per heavy atom. The van der Waals surface area contributed by atoms with Crippen molar-refractivity contribution in [1.82, 2.24) is 25.0 Å². The second-order valence-electron chi connectivity index (χ2n) is 9.33. The number of likely N-dealkylation sites (tertiary alicyclic amines) is 1. The average Bonchev–Trinajstić information content (AvgIpc) is 3.41. The highest BCUT2D eigenvalue weighted by molar-refractivity contribution is 5.95. The second kappa shape index (κ2) is 9.99. The number of halogens is 1. The maximum atomic E-state index is 14.8. The van der Waals surface area contributed by atoms with Gasteiger partial charge in [0, 0.05) is 43.2 Å². The topological polar surface area (TPSA) is 82.2 Å². The van der Waals surface area contributed by atoms with Gasteiger partial charge in [-0.1, -0.05) is 30.3 Å². The minimum Gasteiger partial charge on any atom is -0.337 e. The Labute approximate surface area is 208 Å². The van der Waals surface area contributed by atoms with Crippen LogP contribution in [0, 0.1) is 5.82 Å². The molecule has 1 aliphatic heterocycles. The van der Waals surface area contributed by atoms with E-state index in [1.54, 1.807) is 35.4 Å². The molecule has 184 valence electrons. The van der Waals surface area contributed by atoms with Crippen molar-refractivity contribution in [3.05, 3.63) is 106 Å². The highest BCUT2D eigenvalue weighted by Crippen LogP contribution is 2.26. The van der Waals surface area contributed by atoms with Crippen LogP contribution in [0.15, 0.2) is 71.7 Å². The molecule has 5 rings (SSSR count). The smallest absolute Gasteiger partial charge is 0.272 e. The number of nitrogens with one attached hydrogen (secondary N) is 1. The summed E-state index contributed by atoms with van der Waals surface area (Å²) < 4.78 is 14.8. The molecule has 2 aromatic carbocycles. The molecule has 0 saturated carbocycles. The van der Waals surface area contributed by atoms with Crippen molar-refractivity contribution in [3.63, 3.8) is 0 Å². The molecule has 1 saturated heterocycles. The Balaban J connectivity index is 1.33. The first-order valence-electron chi connectivity index (χ1n) is 12.1. The Bertz CT molecular complexity index is 1460. The number of rotatable bonds is 6. The van der Waals surface area contributed by atoms with Gasteiger partial charge in [0.05, 0.1) is 22.3 Å². The third kappa shape index (κ3) is 4.64. The van der Waals surface area contributed by atoms with Crippen LogP contribution >= 0.6 is 0 Å². The molecule has 2 atom stereocenters. The summed E-state index contributed by atoms with van der Waals surface area (Å²) in [6.07, 6.45) is 2.96. The summed E-state index contributed by atoms with van der Waals surface area (Å²) in [6, 6.07) is 18.0. The van der Waals surface area contributed by atoms with Crippen molar-refractivity contribution < 1.29 is 9.18 Å². The lowest BCUT2D eigenvalue weighted by Gasteiger charge is -2.30. The summed E-state index contributed by atoms with van der Waals surface area (Å²) in [5, 5.41) is 8.03. The van der Waals surface area contributed by atoms with Gasteiger partial charge in [0.1, 0.15) is 5.82 Å². The zero-order chi connectivity index (χ0) is 25.2. The van der Waals surface area contributed by atoms with Crippen LogP contribution in [0.25, 0.3) is 10.8 Å². The first-order chi connectivity index (χ1) is 17.4. The molecule has 0 radical (unpaired) electrons. The van der Waals surface area contributed by atoms with E-state index < -0.39 is 5.82 Å². The van der Waals surface area contributed by atoms with Gasteiger partial charge in [-0.15, -0.1) is 0 Å². The van der Waals surface area contributed by atoms with Gasteiger partial charge in [0.25, 0.3) is 11.5 Å². The van der Waals surface area contributed by atoms with Crippen LogP contribution in [-0.4, -0.2) is 57.1 Å². The maximum Gasteiger partial charge on any atom is 0.272 e. The van der Waals surface area contributed by atoms with Gasteiger partial charge in [0.15, 0.2) is 0 Å². The van der Waals surface area contributed by atoms with E-state index in [0.29, 0.717) is 30.6 Å². The number of carbonyl (C=O) groups excluding carboxylic acids is 1. The van der Waals surface area contributed by atoms with Gasteiger partial charge in [-0.05, 0) is 56.3 Å². The molecule has 1 amide bonds. The highest BCUT2D eigenvalue weighted by Gasteiger charge is 2.32. The van der Waals surface area contributed by atoms with E-state index in [0.717, 1.165) is 23.1 Å². The van der Waals surface area contributed by atoms with E-state index in [2.05, 4.69) is 27.0 Å².